The lowest BCUT2D eigenvalue weighted by Crippen LogP contribution is -2.51. The number of benzene rings is 1. The Morgan fingerprint density at radius 3 is 2.57 bits per heavy atom. The molecule has 1 aliphatic heterocycles. The van der Waals surface area contributed by atoms with Crippen molar-refractivity contribution in [2.45, 2.75) is 24.9 Å². The van der Waals surface area contributed by atoms with Gasteiger partial charge in [-0.1, -0.05) is 24.3 Å². The summed E-state index contributed by atoms with van der Waals surface area (Å²) in [7, 11) is 4.02. The van der Waals surface area contributed by atoms with Crippen molar-refractivity contribution < 1.29 is 9.84 Å². The second-order valence-corrected chi connectivity index (χ2v) is 6.45. The topological polar surface area (TPSA) is 57.6 Å². The summed E-state index contributed by atoms with van der Waals surface area (Å²) in [5.74, 6) is 0.979. The van der Waals surface area contributed by atoms with Gasteiger partial charge in [0, 0.05) is 51.0 Å². The van der Waals surface area contributed by atoms with Gasteiger partial charge in [-0.3, -0.25) is 0 Å². The third kappa shape index (κ3) is 3.32. The number of hydrogen-bond donors (Lipinski definition) is 2. The van der Waals surface area contributed by atoms with Gasteiger partial charge in [0.2, 0.25) is 0 Å². The molecule has 2 aromatic rings. The molecule has 0 bridgehead atoms. The van der Waals surface area contributed by atoms with Crippen LogP contribution in [-0.4, -0.2) is 49.5 Å². The fraction of sp³-hybridized carbons (Fsp3) is 0.500. The summed E-state index contributed by atoms with van der Waals surface area (Å²) in [4.78, 5) is 6.65. The number of ether oxygens (including phenoxy) is 1. The summed E-state index contributed by atoms with van der Waals surface area (Å²) < 4.78 is 5.42. The predicted octanol–water partition coefficient (Wildman–Crippen LogP) is 1.93. The van der Waals surface area contributed by atoms with Crippen molar-refractivity contribution >= 4 is 16.6 Å². The molecule has 0 radical (unpaired) electrons. The molecular weight excluding hydrogens is 290 g/mol. The van der Waals surface area contributed by atoms with E-state index in [0.717, 1.165) is 29.6 Å². The number of anilines is 1. The molecule has 1 aromatic heterocycles. The van der Waals surface area contributed by atoms with Gasteiger partial charge in [0.15, 0.2) is 0 Å². The molecule has 0 saturated carbocycles. The van der Waals surface area contributed by atoms with E-state index < -0.39 is 0 Å². The lowest BCUT2D eigenvalue weighted by atomic mass is 9.90. The van der Waals surface area contributed by atoms with Crippen LogP contribution in [-0.2, 0) is 11.3 Å². The molecule has 0 aliphatic carbocycles. The minimum atomic E-state index is -0.237. The van der Waals surface area contributed by atoms with E-state index in [4.69, 9.17) is 4.74 Å². The molecule has 1 aliphatic rings. The Morgan fingerprint density at radius 1 is 1.22 bits per heavy atom. The van der Waals surface area contributed by atoms with Crippen molar-refractivity contribution in [1.82, 2.24) is 10.3 Å². The van der Waals surface area contributed by atoms with Crippen LogP contribution in [0.4, 0.5) is 5.82 Å². The maximum absolute atomic E-state index is 9.81. The molecule has 1 aromatic carbocycles. The summed E-state index contributed by atoms with van der Waals surface area (Å²) in [5.41, 5.74) is 0.921. The summed E-state index contributed by atoms with van der Waals surface area (Å²) >= 11 is 0. The van der Waals surface area contributed by atoms with E-state index >= 15 is 0 Å². The molecule has 0 spiro atoms. The zero-order valence-electron chi connectivity index (χ0n) is 13.9. The molecule has 0 atom stereocenters. The lowest BCUT2D eigenvalue weighted by molar-refractivity contribution is 0.0112. The minimum absolute atomic E-state index is 0.136. The average molecular weight is 315 g/mol. The summed E-state index contributed by atoms with van der Waals surface area (Å²) in [6.45, 7) is 2.23. The van der Waals surface area contributed by atoms with Crippen LogP contribution in [0, 0.1) is 0 Å². The van der Waals surface area contributed by atoms with Crippen LogP contribution < -0.4 is 10.2 Å². The number of pyridine rings is 1. The Kier molecular flexibility index (Phi) is 4.80. The first-order valence-electron chi connectivity index (χ1n) is 8.13. The second-order valence-electron chi connectivity index (χ2n) is 6.45. The molecule has 1 saturated heterocycles. The number of aliphatic hydroxyl groups is 1. The first kappa shape index (κ1) is 16.2. The highest BCUT2D eigenvalue weighted by Crippen LogP contribution is 2.27. The molecule has 5 nitrogen and oxygen atoms in total. The minimum Gasteiger partial charge on any atom is -0.394 e. The van der Waals surface area contributed by atoms with E-state index in [1.54, 1.807) is 0 Å². The van der Waals surface area contributed by atoms with Crippen molar-refractivity contribution in [2.24, 2.45) is 0 Å². The van der Waals surface area contributed by atoms with Crippen LogP contribution in [0.5, 0.6) is 0 Å². The highest BCUT2D eigenvalue weighted by molar-refractivity contribution is 5.94. The molecule has 1 fully saturated rings. The number of aromatic nitrogens is 1. The Balaban J connectivity index is 1.87. The van der Waals surface area contributed by atoms with Gasteiger partial charge in [0.05, 0.1) is 6.61 Å². The normalized spacial score (nSPS) is 17.3. The zero-order valence-corrected chi connectivity index (χ0v) is 13.9. The van der Waals surface area contributed by atoms with Crippen molar-refractivity contribution in [3.63, 3.8) is 0 Å². The number of hydrogen-bond acceptors (Lipinski definition) is 5. The van der Waals surface area contributed by atoms with Gasteiger partial charge in [0.1, 0.15) is 5.82 Å². The summed E-state index contributed by atoms with van der Waals surface area (Å²) in [5, 5.41) is 15.7. The van der Waals surface area contributed by atoms with Crippen LogP contribution in [0.25, 0.3) is 10.8 Å². The fourth-order valence-electron chi connectivity index (χ4n) is 3.17. The highest BCUT2D eigenvalue weighted by atomic mass is 16.5. The highest BCUT2D eigenvalue weighted by Gasteiger charge is 2.31. The average Bonchev–Trinajstić information content (AvgIpc) is 2.60. The van der Waals surface area contributed by atoms with Crippen LogP contribution in [0.15, 0.2) is 30.5 Å². The number of nitrogens with zero attached hydrogens (tertiary/aromatic N) is 2. The first-order chi connectivity index (χ1) is 11.2. The van der Waals surface area contributed by atoms with Crippen LogP contribution >= 0.6 is 0 Å². The SMILES string of the molecule is CN(C)c1ncc(CNC2(CO)CCOCC2)c2ccccc12. The molecule has 23 heavy (non-hydrogen) atoms. The second kappa shape index (κ2) is 6.83. The van der Waals surface area contributed by atoms with E-state index in [1.807, 2.05) is 31.3 Å². The Morgan fingerprint density at radius 2 is 1.91 bits per heavy atom. The number of aliphatic hydroxyl groups excluding tert-OH is 1. The zero-order chi connectivity index (χ0) is 16.3. The van der Waals surface area contributed by atoms with Gasteiger partial charge in [-0.05, 0) is 23.8 Å². The molecule has 3 rings (SSSR count). The number of fused-ring (bicyclic) bond motifs is 1. The molecule has 5 heteroatoms. The van der Waals surface area contributed by atoms with Gasteiger partial charge in [0.25, 0.3) is 0 Å². The third-order valence-electron chi connectivity index (χ3n) is 4.69. The van der Waals surface area contributed by atoms with E-state index in [9.17, 15) is 5.11 Å². The maximum atomic E-state index is 9.81. The summed E-state index contributed by atoms with van der Waals surface area (Å²) in [6.07, 6.45) is 3.62. The lowest BCUT2D eigenvalue weighted by Gasteiger charge is -2.36. The van der Waals surface area contributed by atoms with Crippen LogP contribution in [0.1, 0.15) is 18.4 Å². The third-order valence-corrected chi connectivity index (χ3v) is 4.69. The monoisotopic (exact) mass is 315 g/mol. The maximum Gasteiger partial charge on any atom is 0.135 e. The van der Waals surface area contributed by atoms with Crippen molar-refractivity contribution in [3.8, 4) is 0 Å². The molecule has 0 unspecified atom stereocenters. The van der Waals surface area contributed by atoms with E-state index in [0.29, 0.717) is 19.8 Å². The van der Waals surface area contributed by atoms with Crippen molar-refractivity contribution in [1.29, 1.82) is 0 Å². The number of rotatable bonds is 5. The van der Waals surface area contributed by atoms with Crippen LogP contribution in [0.3, 0.4) is 0 Å². The van der Waals surface area contributed by atoms with Gasteiger partial charge in [-0.25, -0.2) is 4.98 Å². The van der Waals surface area contributed by atoms with Crippen molar-refractivity contribution in [2.75, 3.05) is 38.8 Å². The van der Waals surface area contributed by atoms with Crippen LogP contribution in [0.2, 0.25) is 0 Å². The molecular formula is C18H25N3O2. The van der Waals surface area contributed by atoms with Gasteiger partial charge < -0.3 is 20.1 Å². The van der Waals surface area contributed by atoms with E-state index in [-0.39, 0.29) is 12.1 Å². The summed E-state index contributed by atoms with van der Waals surface area (Å²) in [6, 6.07) is 8.34. The number of nitrogens with one attached hydrogen (secondary N) is 1. The Bertz CT molecular complexity index is 666. The quantitative estimate of drug-likeness (QED) is 0.883. The van der Waals surface area contributed by atoms with Crippen molar-refractivity contribution in [3.05, 3.63) is 36.0 Å². The largest absolute Gasteiger partial charge is 0.394 e. The Hall–Kier alpha value is -1.69. The fourth-order valence-corrected chi connectivity index (χ4v) is 3.17. The standard InChI is InChI=1S/C18H25N3O2/c1-21(2)17-16-6-4-3-5-15(16)14(11-19-17)12-20-18(13-22)7-9-23-10-8-18/h3-6,11,20,22H,7-10,12-13H2,1-2H3. The van der Waals surface area contributed by atoms with Gasteiger partial charge in [-0.2, -0.15) is 0 Å². The molecule has 124 valence electrons. The van der Waals surface area contributed by atoms with Gasteiger partial charge in [-0.15, -0.1) is 0 Å². The van der Waals surface area contributed by atoms with E-state index in [1.165, 1.54) is 5.39 Å². The smallest absolute Gasteiger partial charge is 0.135 e. The predicted molar refractivity (Wildman–Crippen MR) is 92.8 cm³/mol. The molecule has 2 heterocycles. The van der Waals surface area contributed by atoms with Gasteiger partial charge >= 0.3 is 0 Å². The first-order valence-corrected chi connectivity index (χ1v) is 8.13. The molecule has 2 N–H and O–H groups in total. The Labute approximate surface area is 137 Å². The van der Waals surface area contributed by atoms with E-state index in [2.05, 4.69) is 28.5 Å². The molecule has 0 amide bonds.